The lowest BCUT2D eigenvalue weighted by Crippen LogP contribution is -2.39. The lowest BCUT2D eigenvalue weighted by Gasteiger charge is -2.19. The van der Waals surface area contributed by atoms with E-state index in [1.54, 1.807) is 20.8 Å². The molecule has 1 N–H and O–H groups in total. The molecule has 8 heteroatoms. The smallest absolute Gasteiger partial charge is 0.360 e. The van der Waals surface area contributed by atoms with Gasteiger partial charge in [0.1, 0.15) is 6.73 Å². The van der Waals surface area contributed by atoms with Crippen LogP contribution in [0.3, 0.4) is 0 Å². The van der Waals surface area contributed by atoms with Crippen molar-refractivity contribution in [2.24, 2.45) is 0 Å². The van der Waals surface area contributed by atoms with Crippen LogP contribution in [0, 0.1) is 0 Å². The van der Waals surface area contributed by atoms with Crippen LogP contribution in [0.1, 0.15) is 20.8 Å². The lowest BCUT2D eigenvalue weighted by atomic mass is 10.2. The quantitative estimate of drug-likeness (QED) is 0.748. The van der Waals surface area contributed by atoms with Gasteiger partial charge >= 0.3 is 15.5 Å². The Bertz CT molecular complexity index is 278. The number of hydrogen-bond acceptors (Lipinski definition) is 3. The van der Waals surface area contributed by atoms with Crippen LogP contribution in [-0.4, -0.2) is 26.3 Å². The van der Waals surface area contributed by atoms with E-state index in [0.717, 1.165) is 0 Å². The molecule has 0 spiro atoms. The maximum absolute atomic E-state index is 11.7. The van der Waals surface area contributed by atoms with Crippen LogP contribution in [0.4, 0.5) is 13.2 Å². The highest BCUT2D eigenvalue weighted by Crippen LogP contribution is 2.21. The third-order valence-electron chi connectivity index (χ3n) is 1.06. The molecule has 0 aliphatic heterocycles. The first-order valence-corrected chi connectivity index (χ1v) is 5.14. The van der Waals surface area contributed by atoms with Gasteiger partial charge in [0.05, 0.1) is 5.60 Å². The summed E-state index contributed by atoms with van der Waals surface area (Å²) >= 11 is 0. The average Bonchev–Trinajstić information content (AvgIpc) is 1.80. The molecular formula is C6H12F3NO3S. The summed E-state index contributed by atoms with van der Waals surface area (Å²) in [6.07, 6.45) is 0. The van der Waals surface area contributed by atoms with E-state index in [2.05, 4.69) is 0 Å². The van der Waals surface area contributed by atoms with Gasteiger partial charge in [-0.3, -0.25) is 0 Å². The molecule has 0 saturated carbocycles. The Morgan fingerprint density at radius 1 is 1.21 bits per heavy atom. The van der Waals surface area contributed by atoms with Crippen LogP contribution in [0.5, 0.6) is 0 Å². The first-order valence-electron chi connectivity index (χ1n) is 3.65. The van der Waals surface area contributed by atoms with Crippen molar-refractivity contribution in [3.63, 3.8) is 0 Å². The fourth-order valence-corrected chi connectivity index (χ4v) is 0.783. The molecule has 86 valence electrons. The third kappa shape index (κ3) is 4.77. The molecule has 0 heterocycles. The molecule has 0 fully saturated rings. The summed E-state index contributed by atoms with van der Waals surface area (Å²) in [6.45, 7) is 4.07. The minimum Gasteiger partial charge on any atom is -0.360 e. The first-order chi connectivity index (χ1) is 5.96. The van der Waals surface area contributed by atoms with Crippen molar-refractivity contribution in [3.05, 3.63) is 0 Å². The normalized spacial score (nSPS) is 14.4. The summed E-state index contributed by atoms with van der Waals surface area (Å²) in [5.41, 5.74) is -6.00. The summed E-state index contributed by atoms with van der Waals surface area (Å²) in [5, 5.41) is 0. The van der Waals surface area contributed by atoms with Gasteiger partial charge in [-0.25, -0.2) is 8.42 Å². The van der Waals surface area contributed by atoms with Crippen LogP contribution < -0.4 is 4.72 Å². The van der Waals surface area contributed by atoms with Crippen LogP contribution in [-0.2, 0) is 14.8 Å². The molecule has 0 amide bonds. The summed E-state index contributed by atoms with van der Waals surface area (Å²) in [7, 11) is -5.30. The molecule has 0 aliphatic rings. The highest BCUT2D eigenvalue weighted by Gasteiger charge is 2.45. The van der Waals surface area contributed by atoms with Gasteiger partial charge in [0.2, 0.25) is 0 Å². The standard InChI is InChI=1S/C6H12F3NO3S/c1-5(2,3)13-4-10-14(11,12)6(7,8)9/h10H,4H2,1-3H3. The molecule has 0 unspecified atom stereocenters. The van der Waals surface area contributed by atoms with E-state index in [1.807, 2.05) is 0 Å². The molecule has 4 nitrogen and oxygen atoms in total. The fourth-order valence-electron chi connectivity index (χ4n) is 0.405. The van der Waals surface area contributed by atoms with Crippen LogP contribution in [0.15, 0.2) is 0 Å². The van der Waals surface area contributed by atoms with E-state index in [-0.39, 0.29) is 0 Å². The van der Waals surface area contributed by atoms with Gasteiger partial charge in [-0.2, -0.15) is 17.9 Å². The van der Waals surface area contributed by atoms with Gasteiger partial charge in [0, 0.05) is 0 Å². The zero-order chi connectivity index (χ0) is 11.6. The second-order valence-electron chi connectivity index (χ2n) is 3.49. The molecule has 14 heavy (non-hydrogen) atoms. The second-order valence-corrected chi connectivity index (χ2v) is 5.25. The summed E-state index contributed by atoms with van der Waals surface area (Å²) in [6, 6.07) is 0. The third-order valence-corrected chi connectivity index (χ3v) is 2.17. The number of ether oxygens (including phenoxy) is 1. The molecule has 0 aromatic carbocycles. The van der Waals surface area contributed by atoms with Crippen molar-refractivity contribution in [3.8, 4) is 0 Å². The first kappa shape index (κ1) is 13.7. The van der Waals surface area contributed by atoms with Crippen molar-refractivity contribution in [2.75, 3.05) is 6.73 Å². The Hall–Kier alpha value is -0.340. The van der Waals surface area contributed by atoms with Crippen molar-refractivity contribution < 1.29 is 26.3 Å². The van der Waals surface area contributed by atoms with Gasteiger partial charge in [0.15, 0.2) is 0 Å². The van der Waals surface area contributed by atoms with Crippen molar-refractivity contribution >= 4 is 10.0 Å². The fraction of sp³-hybridized carbons (Fsp3) is 1.00. The van der Waals surface area contributed by atoms with Gasteiger partial charge in [-0.1, -0.05) is 0 Å². The Balaban J connectivity index is 4.17. The van der Waals surface area contributed by atoms with Crippen LogP contribution in [0.25, 0.3) is 0 Å². The molecule has 0 atom stereocenters. The minimum absolute atomic E-state index is 0.700. The van der Waals surface area contributed by atoms with Gasteiger partial charge in [-0.05, 0) is 20.8 Å². The van der Waals surface area contributed by atoms with E-state index < -0.39 is 27.9 Å². The van der Waals surface area contributed by atoms with E-state index in [9.17, 15) is 21.6 Å². The lowest BCUT2D eigenvalue weighted by molar-refractivity contribution is -0.0490. The molecular weight excluding hydrogens is 223 g/mol. The zero-order valence-corrected chi connectivity index (χ0v) is 8.79. The topological polar surface area (TPSA) is 55.4 Å². The number of nitrogens with one attached hydrogen (secondary N) is 1. The van der Waals surface area contributed by atoms with Crippen LogP contribution >= 0.6 is 0 Å². The van der Waals surface area contributed by atoms with E-state index in [0.29, 0.717) is 0 Å². The van der Waals surface area contributed by atoms with Crippen LogP contribution in [0.2, 0.25) is 0 Å². The number of sulfonamides is 1. The van der Waals surface area contributed by atoms with Crippen molar-refractivity contribution in [1.29, 1.82) is 0 Å². The van der Waals surface area contributed by atoms with Crippen molar-refractivity contribution in [2.45, 2.75) is 31.9 Å². The molecule has 0 saturated heterocycles. The molecule has 0 aromatic heterocycles. The largest absolute Gasteiger partial charge is 0.511 e. The minimum atomic E-state index is -5.30. The Kier molecular flexibility index (Phi) is 3.93. The number of hydrogen-bond donors (Lipinski definition) is 1. The molecule has 0 aromatic rings. The summed E-state index contributed by atoms with van der Waals surface area (Å²) < 4.78 is 62.1. The predicted molar refractivity (Wildman–Crippen MR) is 43.8 cm³/mol. The highest BCUT2D eigenvalue weighted by molar-refractivity contribution is 7.90. The highest BCUT2D eigenvalue weighted by atomic mass is 32.2. The molecule has 0 radical (unpaired) electrons. The monoisotopic (exact) mass is 235 g/mol. The van der Waals surface area contributed by atoms with Crippen molar-refractivity contribution in [1.82, 2.24) is 4.72 Å². The SMILES string of the molecule is CC(C)(C)OCNS(=O)(=O)C(F)(F)F. The van der Waals surface area contributed by atoms with Gasteiger partial charge < -0.3 is 4.74 Å². The zero-order valence-electron chi connectivity index (χ0n) is 7.97. The molecule has 0 bridgehead atoms. The maximum atomic E-state index is 11.7. The predicted octanol–water partition coefficient (Wildman–Crippen LogP) is 1.20. The van der Waals surface area contributed by atoms with E-state index in [1.165, 1.54) is 4.72 Å². The number of alkyl halides is 3. The average molecular weight is 235 g/mol. The molecule has 0 rings (SSSR count). The summed E-state index contributed by atoms with van der Waals surface area (Å²) in [4.78, 5) is 0. The molecule has 0 aliphatic carbocycles. The second kappa shape index (κ2) is 4.03. The van der Waals surface area contributed by atoms with Gasteiger partial charge in [0.25, 0.3) is 0 Å². The number of halogens is 3. The Morgan fingerprint density at radius 3 is 1.93 bits per heavy atom. The Morgan fingerprint density at radius 2 is 1.64 bits per heavy atom. The summed E-state index contributed by atoms with van der Waals surface area (Å²) in [5.74, 6) is 0. The van der Waals surface area contributed by atoms with E-state index >= 15 is 0 Å². The van der Waals surface area contributed by atoms with E-state index in [4.69, 9.17) is 4.74 Å². The van der Waals surface area contributed by atoms with Gasteiger partial charge in [-0.15, -0.1) is 0 Å². The number of rotatable bonds is 3. The maximum Gasteiger partial charge on any atom is 0.511 e. The Labute approximate surface area is 80.5 Å².